The molecule has 0 unspecified atom stereocenters. The molecule has 0 aliphatic heterocycles. The van der Waals surface area contributed by atoms with Gasteiger partial charge in [-0.25, -0.2) is 4.39 Å². The maximum atomic E-state index is 13.1. The first-order chi connectivity index (χ1) is 12.1. The fourth-order valence-electron chi connectivity index (χ4n) is 3.10. The van der Waals surface area contributed by atoms with E-state index in [-0.39, 0.29) is 5.82 Å². The second kappa shape index (κ2) is 10.1. The molecule has 0 aromatic heterocycles. The highest BCUT2D eigenvalue weighted by molar-refractivity contribution is 5.32. The van der Waals surface area contributed by atoms with E-state index in [1.807, 2.05) is 19.1 Å². The summed E-state index contributed by atoms with van der Waals surface area (Å²) in [5.74, 6) is 1.96. The zero-order valence-corrected chi connectivity index (χ0v) is 15.6. The first kappa shape index (κ1) is 19.3. The molecule has 0 spiro atoms. The highest BCUT2D eigenvalue weighted by Crippen LogP contribution is 2.27. The van der Waals surface area contributed by atoms with Gasteiger partial charge < -0.3 is 9.47 Å². The van der Waals surface area contributed by atoms with Gasteiger partial charge in [-0.3, -0.25) is 0 Å². The fourth-order valence-corrected chi connectivity index (χ4v) is 3.10. The predicted octanol–water partition coefficient (Wildman–Crippen LogP) is 6.28. The van der Waals surface area contributed by atoms with E-state index < -0.39 is 0 Å². The highest BCUT2D eigenvalue weighted by Gasteiger charge is 2.09. The molecular weight excluding hydrogens is 315 g/mol. The Morgan fingerprint density at radius 3 is 2.12 bits per heavy atom. The standard InChI is InChI=1S/C22H29FO2/c1-4-6-18(7-5-2)19-8-11-21(12-9-19)24-14-15-25-22-13-10-20(23)16-17(22)3/h8-13,16,18H,4-7,14-15H2,1-3H3. The maximum absolute atomic E-state index is 13.1. The van der Waals surface area contributed by atoms with Crippen LogP contribution in [0.5, 0.6) is 11.5 Å². The Labute approximate surface area is 151 Å². The van der Waals surface area contributed by atoms with Gasteiger partial charge in [-0.2, -0.15) is 0 Å². The molecule has 2 rings (SSSR count). The number of hydrogen-bond acceptors (Lipinski definition) is 2. The van der Waals surface area contributed by atoms with Crippen molar-refractivity contribution in [2.24, 2.45) is 0 Å². The van der Waals surface area contributed by atoms with E-state index in [1.54, 1.807) is 6.07 Å². The van der Waals surface area contributed by atoms with Gasteiger partial charge in [0, 0.05) is 0 Å². The molecule has 0 aliphatic carbocycles. The number of hydrogen-bond donors (Lipinski definition) is 0. The van der Waals surface area contributed by atoms with Gasteiger partial charge in [0.25, 0.3) is 0 Å². The minimum absolute atomic E-state index is 0.245. The van der Waals surface area contributed by atoms with E-state index in [0.717, 1.165) is 11.3 Å². The molecular formula is C22H29FO2. The second-order valence-electron chi connectivity index (χ2n) is 6.45. The van der Waals surface area contributed by atoms with Gasteiger partial charge in [0.2, 0.25) is 0 Å². The predicted molar refractivity (Wildman–Crippen MR) is 101 cm³/mol. The number of ether oxygens (including phenoxy) is 2. The van der Waals surface area contributed by atoms with Crippen LogP contribution in [0, 0.1) is 12.7 Å². The molecule has 0 N–H and O–H groups in total. The van der Waals surface area contributed by atoms with Crippen molar-refractivity contribution in [1.29, 1.82) is 0 Å². The van der Waals surface area contributed by atoms with Crippen LogP contribution in [-0.4, -0.2) is 13.2 Å². The Morgan fingerprint density at radius 1 is 0.880 bits per heavy atom. The Bertz CT molecular complexity index is 631. The van der Waals surface area contributed by atoms with Crippen molar-refractivity contribution < 1.29 is 13.9 Å². The summed E-state index contributed by atoms with van der Waals surface area (Å²) in [4.78, 5) is 0. The topological polar surface area (TPSA) is 18.5 Å². The third-order valence-corrected chi connectivity index (χ3v) is 4.37. The van der Waals surface area contributed by atoms with Crippen molar-refractivity contribution >= 4 is 0 Å². The molecule has 2 nitrogen and oxygen atoms in total. The number of rotatable bonds is 10. The van der Waals surface area contributed by atoms with Crippen molar-refractivity contribution in [3.8, 4) is 11.5 Å². The average Bonchev–Trinajstić information content (AvgIpc) is 2.60. The number of halogens is 1. The summed E-state index contributed by atoms with van der Waals surface area (Å²) in [5, 5.41) is 0. The van der Waals surface area contributed by atoms with Crippen LogP contribution < -0.4 is 9.47 Å². The Kier molecular flexibility index (Phi) is 7.77. The van der Waals surface area contributed by atoms with E-state index >= 15 is 0 Å². The summed E-state index contributed by atoms with van der Waals surface area (Å²) in [6.45, 7) is 7.21. The largest absolute Gasteiger partial charge is 0.490 e. The van der Waals surface area contributed by atoms with Crippen LogP contribution in [0.25, 0.3) is 0 Å². The Hall–Kier alpha value is -2.03. The summed E-state index contributed by atoms with van der Waals surface area (Å²) in [7, 11) is 0. The molecule has 0 radical (unpaired) electrons. The molecule has 2 aromatic rings. The first-order valence-corrected chi connectivity index (χ1v) is 9.25. The van der Waals surface area contributed by atoms with Crippen LogP contribution in [0.4, 0.5) is 4.39 Å². The SMILES string of the molecule is CCCC(CCC)c1ccc(OCCOc2ccc(F)cc2C)cc1. The molecule has 0 saturated heterocycles. The minimum atomic E-state index is -0.245. The molecule has 0 atom stereocenters. The van der Waals surface area contributed by atoms with E-state index in [1.165, 1.54) is 43.4 Å². The molecule has 0 aliphatic rings. The molecule has 2 aromatic carbocycles. The van der Waals surface area contributed by atoms with Gasteiger partial charge >= 0.3 is 0 Å². The van der Waals surface area contributed by atoms with Crippen molar-refractivity contribution in [3.05, 3.63) is 59.4 Å². The third-order valence-electron chi connectivity index (χ3n) is 4.37. The molecule has 3 heteroatoms. The lowest BCUT2D eigenvalue weighted by atomic mass is 9.90. The molecule has 0 heterocycles. The monoisotopic (exact) mass is 344 g/mol. The lowest BCUT2D eigenvalue weighted by Gasteiger charge is -2.16. The van der Waals surface area contributed by atoms with Crippen molar-refractivity contribution in [2.45, 2.75) is 52.4 Å². The van der Waals surface area contributed by atoms with Gasteiger partial charge in [-0.15, -0.1) is 0 Å². The maximum Gasteiger partial charge on any atom is 0.123 e. The van der Waals surface area contributed by atoms with E-state index in [9.17, 15) is 4.39 Å². The third kappa shape index (κ3) is 6.08. The lowest BCUT2D eigenvalue weighted by Crippen LogP contribution is -2.09. The minimum Gasteiger partial charge on any atom is -0.490 e. The first-order valence-electron chi connectivity index (χ1n) is 9.25. The Morgan fingerprint density at radius 2 is 1.52 bits per heavy atom. The molecule has 0 bridgehead atoms. The Balaban J connectivity index is 1.81. The number of benzene rings is 2. The molecule has 0 saturated carbocycles. The summed E-state index contributed by atoms with van der Waals surface area (Å²) in [6.07, 6.45) is 4.89. The molecule has 0 fully saturated rings. The van der Waals surface area contributed by atoms with Crippen molar-refractivity contribution in [1.82, 2.24) is 0 Å². The molecule has 25 heavy (non-hydrogen) atoms. The van der Waals surface area contributed by atoms with Gasteiger partial charge in [0.05, 0.1) is 0 Å². The highest BCUT2D eigenvalue weighted by atomic mass is 19.1. The lowest BCUT2D eigenvalue weighted by molar-refractivity contribution is 0.216. The van der Waals surface area contributed by atoms with Crippen LogP contribution in [-0.2, 0) is 0 Å². The zero-order valence-electron chi connectivity index (χ0n) is 15.6. The van der Waals surface area contributed by atoms with Crippen LogP contribution in [0.15, 0.2) is 42.5 Å². The van der Waals surface area contributed by atoms with Gasteiger partial charge in [-0.1, -0.05) is 38.8 Å². The summed E-state index contributed by atoms with van der Waals surface area (Å²) in [6, 6.07) is 13.0. The zero-order chi connectivity index (χ0) is 18.1. The van der Waals surface area contributed by atoms with Crippen LogP contribution in [0.3, 0.4) is 0 Å². The van der Waals surface area contributed by atoms with E-state index in [2.05, 4.69) is 26.0 Å². The fraction of sp³-hybridized carbons (Fsp3) is 0.455. The van der Waals surface area contributed by atoms with Gasteiger partial charge in [-0.05, 0) is 67.1 Å². The van der Waals surface area contributed by atoms with E-state index in [4.69, 9.17) is 9.47 Å². The van der Waals surface area contributed by atoms with Crippen LogP contribution in [0.2, 0.25) is 0 Å². The van der Waals surface area contributed by atoms with Gasteiger partial charge in [0.15, 0.2) is 0 Å². The molecule has 0 amide bonds. The normalized spacial score (nSPS) is 10.9. The average molecular weight is 344 g/mol. The number of aryl methyl sites for hydroxylation is 1. The summed E-state index contributed by atoms with van der Waals surface area (Å²) in [5.41, 5.74) is 2.19. The summed E-state index contributed by atoms with van der Waals surface area (Å²) < 4.78 is 24.5. The van der Waals surface area contributed by atoms with E-state index in [0.29, 0.717) is 24.9 Å². The second-order valence-corrected chi connectivity index (χ2v) is 6.45. The van der Waals surface area contributed by atoms with Crippen molar-refractivity contribution in [3.63, 3.8) is 0 Å². The smallest absolute Gasteiger partial charge is 0.123 e. The van der Waals surface area contributed by atoms with Gasteiger partial charge in [0.1, 0.15) is 30.5 Å². The van der Waals surface area contributed by atoms with Crippen LogP contribution in [0.1, 0.15) is 56.6 Å². The summed E-state index contributed by atoms with van der Waals surface area (Å²) >= 11 is 0. The molecule has 136 valence electrons. The quantitative estimate of drug-likeness (QED) is 0.472. The van der Waals surface area contributed by atoms with Crippen molar-refractivity contribution in [2.75, 3.05) is 13.2 Å². The van der Waals surface area contributed by atoms with Crippen LogP contribution >= 0.6 is 0 Å².